The second-order valence-corrected chi connectivity index (χ2v) is 6.70. The topological polar surface area (TPSA) is 87.9 Å². The third kappa shape index (κ3) is 3.81. The second kappa shape index (κ2) is 7.93. The highest BCUT2D eigenvalue weighted by molar-refractivity contribution is 5.64. The molecule has 0 bridgehead atoms. The Balaban J connectivity index is 1.45. The van der Waals surface area contributed by atoms with E-state index in [1.54, 1.807) is 6.33 Å². The first kappa shape index (κ1) is 18.4. The number of benzene rings is 1. The van der Waals surface area contributed by atoms with Gasteiger partial charge in [0.2, 0.25) is 0 Å². The number of morpholine rings is 1. The Bertz CT molecular complexity index is 853. The largest absolute Gasteiger partial charge is 0.378 e. The van der Waals surface area contributed by atoms with E-state index in [0.717, 1.165) is 30.8 Å². The molecule has 1 aromatic carbocycles. The standard InChI is InChI=1S/C18H21FN6O3/c19-14-1-2-15(16(11-14)25(26)27)22-3-5-23(6-4-22)17-12-18(21-13-20-17)24-7-9-28-10-8-24/h1-2,11-13H,3-10H2. The van der Waals surface area contributed by atoms with Crippen LogP contribution < -0.4 is 14.7 Å². The van der Waals surface area contributed by atoms with Crippen molar-refractivity contribution in [2.24, 2.45) is 0 Å². The Labute approximate surface area is 161 Å². The Morgan fingerprint density at radius 2 is 1.54 bits per heavy atom. The van der Waals surface area contributed by atoms with Crippen LogP contribution in [-0.4, -0.2) is 67.4 Å². The van der Waals surface area contributed by atoms with Crippen LogP contribution in [0.1, 0.15) is 0 Å². The van der Waals surface area contributed by atoms with Gasteiger partial charge in [-0.3, -0.25) is 10.1 Å². The third-order valence-electron chi connectivity index (χ3n) is 5.05. The number of nitro benzene ring substituents is 1. The Morgan fingerprint density at radius 3 is 2.18 bits per heavy atom. The average molecular weight is 388 g/mol. The molecule has 0 radical (unpaired) electrons. The van der Waals surface area contributed by atoms with Crippen molar-refractivity contribution in [3.05, 3.63) is 46.5 Å². The summed E-state index contributed by atoms with van der Waals surface area (Å²) in [6, 6.07) is 5.68. The zero-order chi connectivity index (χ0) is 19.5. The number of hydrogen-bond donors (Lipinski definition) is 0. The van der Waals surface area contributed by atoms with Crippen molar-refractivity contribution in [2.75, 3.05) is 67.2 Å². The van der Waals surface area contributed by atoms with Crippen LogP contribution >= 0.6 is 0 Å². The van der Waals surface area contributed by atoms with Crippen LogP contribution in [0, 0.1) is 15.9 Å². The highest BCUT2D eigenvalue weighted by Gasteiger charge is 2.25. The molecule has 28 heavy (non-hydrogen) atoms. The summed E-state index contributed by atoms with van der Waals surface area (Å²) >= 11 is 0. The zero-order valence-electron chi connectivity index (χ0n) is 15.3. The summed E-state index contributed by atoms with van der Waals surface area (Å²) < 4.78 is 18.8. The molecule has 3 heterocycles. The Hall–Kier alpha value is -3.01. The lowest BCUT2D eigenvalue weighted by atomic mass is 10.2. The van der Waals surface area contributed by atoms with Gasteiger partial charge in [-0.2, -0.15) is 0 Å². The molecule has 0 unspecified atom stereocenters. The minimum atomic E-state index is -0.606. The molecule has 0 spiro atoms. The molecule has 0 atom stereocenters. The predicted octanol–water partition coefficient (Wildman–Crippen LogP) is 1.69. The van der Waals surface area contributed by atoms with E-state index in [1.807, 2.05) is 11.0 Å². The van der Waals surface area contributed by atoms with Crippen LogP contribution in [0.25, 0.3) is 0 Å². The van der Waals surface area contributed by atoms with E-state index < -0.39 is 10.7 Å². The summed E-state index contributed by atoms with van der Waals surface area (Å²) in [4.78, 5) is 25.7. The molecule has 1 aromatic heterocycles. The van der Waals surface area contributed by atoms with Gasteiger partial charge >= 0.3 is 0 Å². The van der Waals surface area contributed by atoms with E-state index in [9.17, 15) is 14.5 Å². The summed E-state index contributed by atoms with van der Waals surface area (Å²) in [7, 11) is 0. The molecule has 4 rings (SSSR count). The molecule has 10 heteroatoms. The van der Waals surface area contributed by atoms with Crippen LogP contribution in [0.2, 0.25) is 0 Å². The van der Waals surface area contributed by atoms with Crippen molar-refractivity contribution in [3.63, 3.8) is 0 Å². The SMILES string of the molecule is O=[N+]([O-])c1cc(F)ccc1N1CCN(c2cc(N3CCOCC3)ncn2)CC1. The minimum Gasteiger partial charge on any atom is -0.378 e. The molecule has 0 aliphatic carbocycles. The van der Waals surface area contributed by atoms with Crippen molar-refractivity contribution in [3.8, 4) is 0 Å². The maximum Gasteiger partial charge on any atom is 0.295 e. The molecule has 2 aliphatic heterocycles. The number of piperazine rings is 1. The molecule has 0 N–H and O–H groups in total. The fraction of sp³-hybridized carbons (Fsp3) is 0.444. The van der Waals surface area contributed by atoms with E-state index in [2.05, 4.69) is 19.8 Å². The summed E-state index contributed by atoms with van der Waals surface area (Å²) in [5, 5.41) is 11.3. The van der Waals surface area contributed by atoms with Crippen molar-refractivity contribution >= 4 is 23.0 Å². The van der Waals surface area contributed by atoms with E-state index >= 15 is 0 Å². The van der Waals surface area contributed by atoms with Crippen molar-refractivity contribution in [1.29, 1.82) is 0 Å². The molecular weight excluding hydrogens is 367 g/mol. The van der Waals surface area contributed by atoms with Crippen LogP contribution in [0.5, 0.6) is 0 Å². The monoisotopic (exact) mass is 388 g/mol. The van der Waals surface area contributed by atoms with Gasteiger partial charge in [0, 0.05) is 45.3 Å². The van der Waals surface area contributed by atoms with Gasteiger partial charge in [-0.15, -0.1) is 0 Å². The summed E-state index contributed by atoms with van der Waals surface area (Å²) in [6.07, 6.45) is 1.57. The second-order valence-electron chi connectivity index (χ2n) is 6.70. The molecule has 148 valence electrons. The third-order valence-corrected chi connectivity index (χ3v) is 5.05. The van der Waals surface area contributed by atoms with Gasteiger partial charge in [-0.25, -0.2) is 14.4 Å². The van der Waals surface area contributed by atoms with E-state index in [1.165, 1.54) is 12.1 Å². The molecule has 9 nitrogen and oxygen atoms in total. The number of hydrogen-bond acceptors (Lipinski definition) is 8. The predicted molar refractivity (Wildman–Crippen MR) is 103 cm³/mol. The molecule has 2 saturated heterocycles. The Kier molecular flexibility index (Phi) is 5.20. The number of anilines is 3. The summed E-state index contributed by atoms with van der Waals surface area (Å²) in [5.41, 5.74) is 0.243. The number of nitro groups is 1. The maximum absolute atomic E-state index is 13.4. The maximum atomic E-state index is 13.4. The van der Waals surface area contributed by atoms with E-state index in [0.29, 0.717) is 45.1 Å². The molecule has 0 amide bonds. The van der Waals surface area contributed by atoms with Crippen LogP contribution in [0.3, 0.4) is 0 Å². The highest BCUT2D eigenvalue weighted by Crippen LogP contribution is 2.30. The normalized spacial score (nSPS) is 17.7. The fourth-order valence-corrected chi connectivity index (χ4v) is 3.56. The molecule has 2 aromatic rings. The lowest BCUT2D eigenvalue weighted by Gasteiger charge is -2.36. The van der Waals surface area contributed by atoms with E-state index in [-0.39, 0.29) is 5.69 Å². The van der Waals surface area contributed by atoms with Crippen molar-refractivity contribution in [1.82, 2.24) is 9.97 Å². The molecular formula is C18H21FN6O3. The van der Waals surface area contributed by atoms with Gasteiger partial charge < -0.3 is 19.4 Å². The first-order valence-corrected chi connectivity index (χ1v) is 9.20. The van der Waals surface area contributed by atoms with Gasteiger partial charge in [-0.05, 0) is 12.1 Å². The Morgan fingerprint density at radius 1 is 0.929 bits per heavy atom. The van der Waals surface area contributed by atoms with Crippen LogP contribution in [-0.2, 0) is 4.74 Å². The first-order valence-electron chi connectivity index (χ1n) is 9.20. The number of aromatic nitrogens is 2. The lowest BCUT2D eigenvalue weighted by Crippen LogP contribution is -2.47. The van der Waals surface area contributed by atoms with E-state index in [4.69, 9.17) is 4.74 Å². The smallest absolute Gasteiger partial charge is 0.295 e. The summed E-state index contributed by atoms with van der Waals surface area (Å²) in [5.74, 6) is 1.11. The fourth-order valence-electron chi connectivity index (χ4n) is 3.56. The first-order chi connectivity index (χ1) is 13.6. The van der Waals surface area contributed by atoms with Crippen molar-refractivity contribution < 1.29 is 14.1 Å². The molecule has 0 saturated carbocycles. The van der Waals surface area contributed by atoms with Gasteiger partial charge in [0.15, 0.2) is 0 Å². The molecule has 2 aliphatic rings. The number of halogens is 1. The van der Waals surface area contributed by atoms with Gasteiger partial charge in [0.25, 0.3) is 5.69 Å². The minimum absolute atomic E-state index is 0.204. The van der Waals surface area contributed by atoms with Gasteiger partial charge in [-0.1, -0.05) is 0 Å². The number of rotatable bonds is 4. The zero-order valence-corrected chi connectivity index (χ0v) is 15.3. The highest BCUT2D eigenvalue weighted by atomic mass is 19.1. The summed E-state index contributed by atoms with van der Waals surface area (Å²) in [6.45, 7) is 5.48. The van der Waals surface area contributed by atoms with Crippen LogP contribution in [0.15, 0.2) is 30.6 Å². The number of nitrogens with zero attached hydrogens (tertiary/aromatic N) is 6. The molecule has 2 fully saturated rings. The van der Waals surface area contributed by atoms with Crippen LogP contribution in [0.4, 0.5) is 27.4 Å². The van der Waals surface area contributed by atoms with Gasteiger partial charge in [0.05, 0.1) is 24.2 Å². The quantitative estimate of drug-likeness (QED) is 0.578. The average Bonchev–Trinajstić information content (AvgIpc) is 2.74. The van der Waals surface area contributed by atoms with Gasteiger partial charge in [0.1, 0.15) is 29.5 Å². The van der Waals surface area contributed by atoms with Crippen molar-refractivity contribution in [2.45, 2.75) is 0 Å². The number of ether oxygens (including phenoxy) is 1. The lowest BCUT2D eigenvalue weighted by molar-refractivity contribution is -0.384.